The number of rotatable bonds is 5. The van der Waals surface area contributed by atoms with Crippen LogP contribution in [0.25, 0.3) is 11.3 Å². The monoisotopic (exact) mass is 509 g/mol. The van der Waals surface area contributed by atoms with Crippen LogP contribution in [0, 0.1) is 12.8 Å². The van der Waals surface area contributed by atoms with E-state index < -0.39 is 0 Å². The lowest BCUT2D eigenvalue weighted by Gasteiger charge is -2.18. The van der Waals surface area contributed by atoms with Gasteiger partial charge in [-0.2, -0.15) is 4.37 Å². The number of allylic oxidation sites excluding steroid dienone is 2. The minimum atomic E-state index is -0.351. The third-order valence-corrected chi connectivity index (χ3v) is 6.37. The summed E-state index contributed by atoms with van der Waals surface area (Å²) in [6, 6.07) is 7.36. The molecule has 1 unspecified atom stereocenters. The van der Waals surface area contributed by atoms with Crippen molar-refractivity contribution in [1.29, 1.82) is 0 Å². The second-order valence-electron chi connectivity index (χ2n) is 6.67. The molecule has 1 heterocycles. The van der Waals surface area contributed by atoms with E-state index in [0.717, 1.165) is 20.7 Å². The van der Waals surface area contributed by atoms with Gasteiger partial charge in [-0.25, -0.2) is 0 Å². The molecule has 7 nitrogen and oxygen atoms in total. The van der Waals surface area contributed by atoms with Crippen LogP contribution in [-0.4, -0.2) is 29.9 Å². The molecule has 0 aliphatic heterocycles. The van der Waals surface area contributed by atoms with E-state index in [-0.39, 0.29) is 17.8 Å². The molecule has 3 rings (SSSR count). The molecule has 1 aromatic carbocycles. The number of nitrogens with one attached hydrogen (secondary N) is 1. The van der Waals surface area contributed by atoms with Gasteiger partial charge in [0.05, 0.1) is 24.1 Å². The third kappa shape index (κ3) is 5.03. The summed E-state index contributed by atoms with van der Waals surface area (Å²) in [5, 5.41) is 3.24. The van der Waals surface area contributed by atoms with Gasteiger partial charge in [-0.15, -0.1) is 0 Å². The summed E-state index contributed by atoms with van der Waals surface area (Å²) in [4.78, 5) is 17.9. The van der Waals surface area contributed by atoms with E-state index in [0.29, 0.717) is 35.0 Å². The number of nitrogens with two attached hydrogens (primary N) is 2. The lowest BCUT2D eigenvalue weighted by Crippen LogP contribution is -2.37. The first-order chi connectivity index (χ1) is 14.3. The second kappa shape index (κ2) is 9.63. The lowest BCUT2D eigenvalue weighted by atomic mass is 9.99. The molecule has 0 fully saturated rings. The van der Waals surface area contributed by atoms with Crippen LogP contribution < -0.4 is 21.5 Å². The van der Waals surface area contributed by atoms with Gasteiger partial charge in [0.1, 0.15) is 5.75 Å². The molecule has 0 radical (unpaired) electrons. The fourth-order valence-electron chi connectivity index (χ4n) is 2.96. The predicted molar refractivity (Wildman–Crippen MR) is 125 cm³/mol. The quantitative estimate of drug-likeness (QED) is 0.417. The van der Waals surface area contributed by atoms with E-state index in [1.54, 1.807) is 7.11 Å². The first-order valence-corrected chi connectivity index (χ1v) is 11.0. The van der Waals surface area contributed by atoms with Gasteiger partial charge in [0.2, 0.25) is 0 Å². The van der Waals surface area contributed by atoms with E-state index in [4.69, 9.17) is 27.8 Å². The van der Waals surface area contributed by atoms with E-state index in [2.05, 4.69) is 30.6 Å². The normalized spacial score (nSPS) is 17.0. The first-order valence-electron chi connectivity index (χ1n) is 9.04. The predicted octanol–water partition coefficient (Wildman–Crippen LogP) is 3.88. The maximum Gasteiger partial charge on any atom is 0.261 e. The SMILES string of the molecule is COc1ccc(-c2nsc(C)c2C(=O)NC(N)=NCC2C=C(Br)C(N)=C(Cl)C2)cc1. The molecule has 10 heteroatoms. The van der Waals surface area contributed by atoms with Crippen LogP contribution in [0.15, 0.2) is 50.5 Å². The largest absolute Gasteiger partial charge is 0.497 e. The molecule has 0 spiro atoms. The van der Waals surface area contributed by atoms with Gasteiger partial charge in [0, 0.05) is 32.4 Å². The van der Waals surface area contributed by atoms with Gasteiger partial charge in [-0.3, -0.25) is 15.1 Å². The van der Waals surface area contributed by atoms with Crippen molar-refractivity contribution in [3.63, 3.8) is 0 Å². The number of aliphatic imine (C=N–C) groups is 1. The molecule has 0 saturated carbocycles. The molecule has 2 aromatic rings. The summed E-state index contributed by atoms with van der Waals surface area (Å²) in [6.45, 7) is 2.22. The van der Waals surface area contributed by atoms with Gasteiger partial charge < -0.3 is 16.2 Å². The van der Waals surface area contributed by atoms with Crippen LogP contribution in [0.2, 0.25) is 0 Å². The molecule has 0 saturated heterocycles. The second-order valence-corrected chi connectivity index (χ2v) is 8.96. The van der Waals surface area contributed by atoms with Crippen LogP contribution in [0.1, 0.15) is 21.7 Å². The molecule has 1 aromatic heterocycles. The highest BCUT2D eigenvalue weighted by molar-refractivity contribution is 9.12. The minimum Gasteiger partial charge on any atom is -0.497 e. The molecule has 30 heavy (non-hydrogen) atoms. The molecule has 1 amide bonds. The summed E-state index contributed by atoms with van der Waals surface area (Å²) in [6.07, 6.45) is 2.51. The van der Waals surface area contributed by atoms with Crippen LogP contribution >= 0.6 is 39.1 Å². The number of nitrogens with zero attached hydrogens (tertiary/aromatic N) is 2. The Balaban J connectivity index is 1.71. The molecule has 158 valence electrons. The highest BCUT2D eigenvalue weighted by Crippen LogP contribution is 2.32. The Labute approximate surface area is 192 Å². The number of aromatic nitrogens is 1. The summed E-state index contributed by atoms with van der Waals surface area (Å²) in [7, 11) is 1.60. The molecular weight excluding hydrogens is 490 g/mol. The van der Waals surface area contributed by atoms with Gasteiger partial charge in [0.25, 0.3) is 5.91 Å². The van der Waals surface area contributed by atoms with E-state index in [9.17, 15) is 4.79 Å². The van der Waals surface area contributed by atoms with Crippen molar-refractivity contribution < 1.29 is 9.53 Å². The summed E-state index contributed by atoms with van der Waals surface area (Å²) in [5.74, 6) is 0.451. The molecule has 0 bridgehead atoms. The fraction of sp³-hybridized carbons (Fsp3) is 0.250. The van der Waals surface area contributed by atoms with Crippen LogP contribution in [0.5, 0.6) is 5.75 Å². The van der Waals surface area contributed by atoms with Crippen molar-refractivity contribution in [3.05, 3.63) is 56.0 Å². The Morgan fingerprint density at radius 2 is 2.13 bits per heavy atom. The highest BCUT2D eigenvalue weighted by Gasteiger charge is 2.21. The van der Waals surface area contributed by atoms with Crippen molar-refractivity contribution in [1.82, 2.24) is 9.69 Å². The minimum absolute atomic E-state index is 0.0361. The standard InChI is InChI=1S/C20H21BrClN5O2S/c1-10-16(18(27-30-10)12-3-5-13(29-2)6-4-12)19(28)26-20(24)25-9-11-7-14(21)17(23)15(22)8-11/h3-7,11H,8-9,23H2,1-2H3,(H3,24,25,26,28). The smallest absolute Gasteiger partial charge is 0.261 e. The van der Waals surface area contributed by atoms with Crippen molar-refractivity contribution in [2.45, 2.75) is 13.3 Å². The number of halogens is 2. The van der Waals surface area contributed by atoms with Gasteiger partial charge >= 0.3 is 0 Å². The Morgan fingerprint density at radius 1 is 1.43 bits per heavy atom. The number of carbonyl (C=O) groups excluding carboxylic acids is 1. The summed E-state index contributed by atoms with van der Waals surface area (Å²) >= 11 is 10.8. The topological polar surface area (TPSA) is 116 Å². The summed E-state index contributed by atoms with van der Waals surface area (Å²) < 4.78 is 10.4. The van der Waals surface area contributed by atoms with E-state index in [1.165, 1.54) is 11.5 Å². The van der Waals surface area contributed by atoms with Gasteiger partial charge in [-0.1, -0.05) is 17.7 Å². The first kappa shape index (κ1) is 22.3. The Morgan fingerprint density at radius 3 is 2.77 bits per heavy atom. The number of hydrogen-bond donors (Lipinski definition) is 3. The maximum atomic E-state index is 12.9. The zero-order valence-electron chi connectivity index (χ0n) is 16.4. The van der Waals surface area contributed by atoms with Crippen LogP contribution in [-0.2, 0) is 0 Å². The molecular formula is C20H21BrClN5O2S. The maximum absolute atomic E-state index is 12.9. The lowest BCUT2D eigenvalue weighted by molar-refractivity contribution is 0.0977. The summed E-state index contributed by atoms with van der Waals surface area (Å²) in [5.41, 5.74) is 14.2. The van der Waals surface area contributed by atoms with Gasteiger partial charge in [-0.05, 0) is 65.1 Å². The Bertz CT molecular complexity index is 1050. The van der Waals surface area contributed by atoms with E-state index >= 15 is 0 Å². The zero-order chi connectivity index (χ0) is 21.8. The number of carbonyl (C=O) groups is 1. The molecule has 1 aliphatic carbocycles. The van der Waals surface area contributed by atoms with Crippen molar-refractivity contribution in [3.8, 4) is 17.0 Å². The number of hydrogen-bond acceptors (Lipinski definition) is 6. The Kier molecular flexibility index (Phi) is 7.17. The average molecular weight is 511 g/mol. The average Bonchev–Trinajstić information content (AvgIpc) is 3.12. The van der Waals surface area contributed by atoms with E-state index in [1.807, 2.05) is 37.3 Å². The molecule has 5 N–H and O–H groups in total. The van der Waals surface area contributed by atoms with Crippen molar-refractivity contribution in [2.75, 3.05) is 13.7 Å². The number of amides is 1. The number of methoxy groups -OCH3 is 1. The third-order valence-electron chi connectivity index (χ3n) is 4.56. The fourth-order valence-corrected chi connectivity index (χ4v) is 4.69. The Hall–Kier alpha value is -2.36. The van der Waals surface area contributed by atoms with Crippen molar-refractivity contribution in [2.24, 2.45) is 22.4 Å². The molecule has 1 atom stereocenters. The van der Waals surface area contributed by atoms with Crippen LogP contribution in [0.3, 0.4) is 0 Å². The number of aryl methyl sites for hydroxylation is 1. The van der Waals surface area contributed by atoms with Gasteiger partial charge in [0.15, 0.2) is 5.96 Å². The number of guanidine groups is 1. The molecule has 1 aliphatic rings. The number of benzene rings is 1. The zero-order valence-corrected chi connectivity index (χ0v) is 19.6. The van der Waals surface area contributed by atoms with Crippen LogP contribution in [0.4, 0.5) is 0 Å². The van der Waals surface area contributed by atoms with Crippen molar-refractivity contribution >= 4 is 50.9 Å². The number of ether oxygens (including phenoxy) is 1. The highest BCUT2D eigenvalue weighted by atomic mass is 79.9.